The summed E-state index contributed by atoms with van der Waals surface area (Å²) < 4.78 is 0. The molecule has 150 heavy (non-hydrogen) atoms. The van der Waals surface area contributed by atoms with Crippen molar-refractivity contribution in [2.75, 3.05) is 0 Å². The van der Waals surface area contributed by atoms with Crippen LogP contribution in [0.3, 0.4) is 0 Å². The fourth-order valence-electron chi connectivity index (χ4n) is 19.9. The second kappa shape index (κ2) is 49.7. The molecule has 0 atom stereocenters. The standard InChI is InChI=1S/6C25H20/c1-19-17-24(21-13-7-3-8-14-21)25(22-15-9-4-10-16-22)18-23(19)20-11-5-2-6-12-20;1-19-17-23(20-11-5-2-6-12-20)18-24(21-13-7-3-8-14-21)25(19)22-15-9-4-10-16-22;1-19-9-7-13-22(17-19)24-15-5-6-16-25(24)23-14-8-12-21(18-23)20-10-3-2-4-11-20;1-19-9-5-6-16-25(19)24-15-8-14-23(18-24)22-13-7-12-21(17-22)20-10-3-2-4-11-20;1-19-10-5-6-15-23(19)25-17-8-7-16-24(25)22-14-9-13-21(18-22)20-11-3-2-4-12-20;1-19-14-16-21(17-15-19)24-12-5-6-13-25(24)23-11-7-10-22(18-23)20-8-3-2-4-9-20/h6*2-18H,1H3. The van der Waals surface area contributed by atoms with Crippen molar-refractivity contribution in [2.24, 2.45) is 0 Å². The number of hydrogen-bond acceptors (Lipinski definition) is 0. The van der Waals surface area contributed by atoms with E-state index in [1.165, 1.54) is 234 Å². The minimum absolute atomic E-state index is 1.25. The Kier molecular flexibility index (Phi) is 33.1. The van der Waals surface area contributed by atoms with Gasteiger partial charge in [0.1, 0.15) is 0 Å². The maximum atomic E-state index is 2.34. The Bertz CT molecular complexity index is 8510. The molecule has 0 spiro atoms. The van der Waals surface area contributed by atoms with Crippen LogP contribution in [0.4, 0.5) is 0 Å². The van der Waals surface area contributed by atoms with E-state index in [0.717, 1.165) is 0 Å². The molecule has 24 aromatic rings. The van der Waals surface area contributed by atoms with Crippen molar-refractivity contribution in [3.05, 3.63) is 652 Å². The van der Waals surface area contributed by atoms with Crippen LogP contribution in [-0.4, -0.2) is 0 Å². The normalized spacial score (nSPS) is 10.6. The van der Waals surface area contributed by atoms with E-state index < -0.39 is 0 Å². The van der Waals surface area contributed by atoms with Crippen LogP contribution in [-0.2, 0) is 0 Å². The largest absolute Gasteiger partial charge is 0.0622 e. The third kappa shape index (κ3) is 25.2. The van der Waals surface area contributed by atoms with Gasteiger partial charge in [-0.05, 0) is 307 Å². The van der Waals surface area contributed by atoms with Gasteiger partial charge in [0.25, 0.3) is 0 Å². The molecule has 0 bridgehead atoms. The third-order valence-corrected chi connectivity index (χ3v) is 27.6. The number of hydrogen-bond donors (Lipinski definition) is 0. The van der Waals surface area contributed by atoms with E-state index in [4.69, 9.17) is 0 Å². The Labute approximate surface area is 887 Å². The van der Waals surface area contributed by atoms with Crippen LogP contribution < -0.4 is 0 Å². The van der Waals surface area contributed by atoms with E-state index in [1.54, 1.807) is 0 Å². The summed E-state index contributed by atoms with van der Waals surface area (Å²) in [6.45, 7) is 13.0. The molecule has 720 valence electrons. The molecule has 0 N–H and O–H groups in total. The molecule has 24 rings (SSSR count). The molecule has 0 aliphatic carbocycles. The predicted octanol–water partition coefficient (Wildman–Crippen LogP) is 42.0. The average Bonchev–Trinajstić information content (AvgIpc) is 0.769. The van der Waals surface area contributed by atoms with E-state index in [1.807, 2.05) is 0 Å². The zero-order chi connectivity index (χ0) is 102. The first kappa shape index (κ1) is 100.0. The minimum Gasteiger partial charge on any atom is -0.0622 e. The number of rotatable bonds is 18. The van der Waals surface area contributed by atoms with Gasteiger partial charge in [-0.15, -0.1) is 0 Å². The van der Waals surface area contributed by atoms with Gasteiger partial charge in [-0.3, -0.25) is 0 Å². The quantitative estimate of drug-likeness (QED) is 0.0803. The van der Waals surface area contributed by atoms with Crippen molar-refractivity contribution in [1.29, 1.82) is 0 Å². The molecule has 0 saturated carbocycles. The summed E-state index contributed by atoms with van der Waals surface area (Å²) in [6.07, 6.45) is 0. The maximum absolute atomic E-state index is 2.34. The molecule has 0 amide bonds. The molecule has 0 heterocycles. The second-order valence-corrected chi connectivity index (χ2v) is 38.0. The van der Waals surface area contributed by atoms with Crippen LogP contribution in [0.15, 0.2) is 619 Å². The number of benzene rings is 24. The molecule has 0 aromatic heterocycles. The zero-order valence-corrected chi connectivity index (χ0v) is 85.9. The summed E-state index contributed by atoms with van der Waals surface area (Å²) in [7, 11) is 0. The molecule has 0 aliphatic rings. The summed E-state index contributed by atoms with van der Waals surface area (Å²) in [6, 6.07) is 220. The Morgan fingerprint density at radius 3 is 0.660 bits per heavy atom. The third-order valence-electron chi connectivity index (χ3n) is 27.6. The highest BCUT2D eigenvalue weighted by atomic mass is 14.2. The minimum atomic E-state index is 1.25. The van der Waals surface area contributed by atoms with Gasteiger partial charge in [0.15, 0.2) is 0 Å². The van der Waals surface area contributed by atoms with Crippen LogP contribution in [0.25, 0.3) is 200 Å². The van der Waals surface area contributed by atoms with Gasteiger partial charge in [0.2, 0.25) is 0 Å². The Hall–Kier alpha value is -18.7. The number of aryl methyl sites for hydroxylation is 6. The lowest BCUT2D eigenvalue weighted by Crippen LogP contribution is -1.91. The first-order chi connectivity index (χ1) is 73.9. The molecule has 0 unspecified atom stereocenters. The lowest BCUT2D eigenvalue weighted by molar-refractivity contribution is 1.44. The topological polar surface area (TPSA) is 0 Å². The van der Waals surface area contributed by atoms with Crippen molar-refractivity contribution >= 4 is 0 Å². The van der Waals surface area contributed by atoms with E-state index in [-0.39, 0.29) is 0 Å². The van der Waals surface area contributed by atoms with E-state index in [0.29, 0.717) is 0 Å². The average molecular weight is 1920 g/mol. The second-order valence-electron chi connectivity index (χ2n) is 38.0. The Morgan fingerprint density at radius 2 is 0.307 bits per heavy atom. The van der Waals surface area contributed by atoms with Gasteiger partial charge in [-0.25, -0.2) is 0 Å². The summed E-state index contributed by atoms with van der Waals surface area (Å²) in [5.74, 6) is 0. The molecular weight excluding hydrogens is 1800 g/mol. The van der Waals surface area contributed by atoms with E-state index in [2.05, 4.69) is 660 Å². The van der Waals surface area contributed by atoms with E-state index in [9.17, 15) is 0 Å². The van der Waals surface area contributed by atoms with Crippen molar-refractivity contribution < 1.29 is 0 Å². The molecule has 0 saturated heterocycles. The highest BCUT2D eigenvalue weighted by molar-refractivity contribution is 5.94. The Balaban J connectivity index is 0.000000113. The van der Waals surface area contributed by atoms with Gasteiger partial charge in [-0.1, -0.05) is 587 Å². The smallest absolute Gasteiger partial charge is 0.00757 e. The van der Waals surface area contributed by atoms with Gasteiger partial charge in [0.05, 0.1) is 0 Å². The summed E-state index contributed by atoms with van der Waals surface area (Å²) in [5, 5.41) is 0. The molecule has 0 aliphatic heterocycles. The molecule has 24 aromatic carbocycles. The zero-order valence-electron chi connectivity index (χ0n) is 85.9. The van der Waals surface area contributed by atoms with Gasteiger partial charge in [0, 0.05) is 0 Å². The Morgan fingerprint density at radius 1 is 0.0800 bits per heavy atom. The van der Waals surface area contributed by atoms with Crippen LogP contribution >= 0.6 is 0 Å². The maximum Gasteiger partial charge on any atom is -0.00757 e. The summed E-state index contributed by atoms with van der Waals surface area (Å²) in [4.78, 5) is 0. The van der Waals surface area contributed by atoms with Crippen molar-refractivity contribution in [3.63, 3.8) is 0 Å². The summed E-state index contributed by atoms with van der Waals surface area (Å²) >= 11 is 0. The predicted molar refractivity (Wildman–Crippen MR) is 645 cm³/mol. The molecule has 0 radical (unpaired) electrons. The molecule has 0 nitrogen and oxygen atoms in total. The molecular formula is C150H120. The fourth-order valence-corrected chi connectivity index (χ4v) is 19.9. The van der Waals surface area contributed by atoms with Crippen LogP contribution in [0.2, 0.25) is 0 Å². The van der Waals surface area contributed by atoms with Crippen LogP contribution in [0, 0.1) is 41.5 Å². The first-order valence-corrected chi connectivity index (χ1v) is 51.8. The van der Waals surface area contributed by atoms with E-state index >= 15 is 0 Å². The van der Waals surface area contributed by atoms with Crippen LogP contribution in [0.1, 0.15) is 33.4 Å². The van der Waals surface area contributed by atoms with Crippen LogP contribution in [0.5, 0.6) is 0 Å². The lowest BCUT2D eigenvalue weighted by Gasteiger charge is -2.16. The monoisotopic (exact) mass is 1920 g/mol. The highest BCUT2D eigenvalue weighted by Crippen LogP contribution is 2.44. The molecule has 0 fully saturated rings. The molecule has 0 heteroatoms. The van der Waals surface area contributed by atoms with Crippen molar-refractivity contribution in [3.8, 4) is 200 Å². The first-order valence-electron chi connectivity index (χ1n) is 51.8. The SMILES string of the molecule is Cc1cc(-c2ccccc2)c(-c2ccccc2)cc1-c1ccccc1.Cc1cc(-c2ccccc2)cc(-c2ccccc2)c1-c1ccccc1.Cc1ccc(-c2ccccc2-c2cccc(-c3ccccc3)c2)cc1.Cc1cccc(-c2ccccc2-c2cccc(-c3ccccc3)c2)c1.Cc1ccccc1-c1cccc(-c2cccc(-c3ccccc3)c2)c1.Cc1ccccc1-c1ccccc1-c1cccc(-c2ccccc2)c1. The van der Waals surface area contributed by atoms with Gasteiger partial charge >= 0.3 is 0 Å². The van der Waals surface area contributed by atoms with Gasteiger partial charge < -0.3 is 0 Å². The summed E-state index contributed by atoms with van der Waals surface area (Å²) in [5.41, 5.74) is 53.2. The lowest BCUT2D eigenvalue weighted by atomic mass is 9.88. The fraction of sp³-hybridized carbons (Fsp3) is 0.0400. The van der Waals surface area contributed by atoms with Crippen molar-refractivity contribution in [1.82, 2.24) is 0 Å². The van der Waals surface area contributed by atoms with Crippen molar-refractivity contribution in [2.45, 2.75) is 41.5 Å². The highest BCUT2D eigenvalue weighted by Gasteiger charge is 2.19. The van der Waals surface area contributed by atoms with Gasteiger partial charge in [-0.2, -0.15) is 0 Å².